The average Bonchev–Trinajstić information content (AvgIpc) is 2.41. The smallest absolute Gasteiger partial charge is 0.279 e. The predicted octanol–water partition coefficient (Wildman–Crippen LogP) is 1.13. The average molecular weight is 371 g/mol. The van der Waals surface area contributed by atoms with Crippen LogP contribution < -0.4 is 15.5 Å². The van der Waals surface area contributed by atoms with Crippen LogP contribution >= 0.6 is 15.9 Å². The SMILES string of the molecule is CC[C@@H](C)NC(=O)C[NH+](C)CC(=O)Nc1ccc(Br)cc1C. The van der Waals surface area contributed by atoms with Crippen molar-refractivity contribution in [3.05, 3.63) is 28.2 Å². The number of anilines is 1. The third-order valence-electron chi connectivity index (χ3n) is 3.41. The Morgan fingerprint density at radius 2 is 1.91 bits per heavy atom. The van der Waals surface area contributed by atoms with Crippen molar-refractivity contribution in [1.29, 1.82) is 0 Å². The first-order chi connectivity index (χ1) is 10.3. The van der Waals surface area contributed by atoms with Crippen LogP contribution in [0, 0.1) is 6.92 Å². The summed E-state index contributed by atoms with van der Waals surface area (Å²) in [6.45, 7) is 6.48. The van der Waals surface area contributed by atoms with Gasteiger partial charge in [-0.2, -0.15) is 0 Å². The zero-order valence-corrected chi connectivity index (χ0v) is 15.2. The summed E-state index contributed by atoms with van der Waals surface area (Å²) < 4.78 is 0.979. The Morgan fingerprint density at radius 3 is 2.50 bits per heavy atom. The molecule has 1 aromatic carbocycles. The number of amides is 2. The third kappa shape index (κ3) is 6.58. The van der Waals surface area contributed by atoms with Crippen LogP contribution in [0.3, 0.4) is 0 Å². The van der Waals surface area contributed by atoms with Crippen molar-refractivity contribution < 1.29 is 14.5 Å². The minimum absolute atomic E-state index is 0.0283. The zero-order valence-electron chi connectivity index (χ0n) is 13.6. The predicted molar refractivity (Wildman–Crippen MR) is 92.0 cm³/mol. The van der Waals surface area contributed by atoms with Gasteiger partial charge in [-0.25, -0.2) is 0 Å². The summed E-state index contributed by atoms with van der Waals surface area (Å²) in [4.78, 5) is 24.7. The standard InChI is InChI=1S/C16H24BrN3O2/c1-5-12(3)18-15(21)9-20(4)10-16(22)19-14-7-6-13(17)8-11(14)2/h6-8,12H,5,9-10H2,1-4H3,(H,18,21)(H,19,22)/p+1/t12-/m1/s1. The van der Waals surface area contributed by atoms with E-state index < -0.39 is 0 Å². The van der Waals surface area contributed by atoms with Crippen molar-refractivity contribution in [2.24, 2.45) is 0 Å². The molecule has 22 heavy (non-hydrogen) atoms. The maximum Gasteiger partial charge on any atom is 0.279 e. The van der Waals surface area contributed by atoms with Crippen molar-refractivity contribution >= 4 is 33.4 Å². The molecule has 0 aliphatic rings. The highest BCUT2D eigenvalue weighted by atomic mass is 79.9. The number of carbonyl (C=O) groups is 2. The van der Waals surface area contributed by atoms with Gasteiger partial charge in [-0.05, 0) is 44.0 Å². The monoisotopic (exact) mass is 370 g/mol. The van der Waals surface area contributed by atoms with Gasteiger partial charge in [-0.3, -0.25) is 9.59 Å². The second-order valence-corrected chi connectivity index (χ2v) is 6.61. The number of nitrogens with one attached hydrogen (secondary N) is 3. The van der Waals surface area contributed by atoms with E-state index in [0.717, 1.165) is 27.0 Å². The van der Waals surface area contributed by atoms with Gasteiger partial charge >= 0.3 is 0 Å². The van der Waals surface area contributed by atoms with Gasteiger partial charge in [-0.1, -0.05) is 22.9 Å². The van der Waals surface area contributed by atoms with E-state index in [4.69, 9.17) is 0 Å². The van der Waals surface area contributed by atoms with Crippen molar-refractivity contribution in [1.82, 2.24) is 5.32 Å². The third-order valence-corrected chi connectivity index (χ3v) is 3.90. The first-order valence-corrected chi connectivity index (χ1v) is 8.27. The molecule has 0 aliphatic carbocycles. The van der Waals surface area contributed by atoms with Crippen LogP contribution in [0.25, 0.3) is 0 Å². The van der Waals surface area contributed by atoms with Crippen LogP contribution in [0.2, 0.25) is 0 Å². The maximum absolute atomic E-state index is 12.0. The Bertz CT molecular complexity index is 534. The second kappa shape index (κ2) is 8.90. The summed E-state index contributed by atoms with van der Waals surface area (Å²) in [5, 5.41) is 5.78. The molecule has 122 valence electrons. The molecular weight excluding hydrogens is 346 g/mol. The Labute approximate surface area is 140 Å². The summed E-state index contributed by atoms with van der Waals surface area (Å²) in [6, 6.07) is 5.87. The number of aryl methyl sites for hydroxylation is 1. The molecule has 1 aromatic rings. The van der Waals surface area contributed by atoms with Crippen LogP contribution in [0.15, 0.2) is 22.7 Å². The summed E-state index contributed by atoms with van der Waals surface area (Å²) in [7, 11) is 1.84. The molecule has 6 heteroatoms. The molecule has 0 fully saturated rings. The summed E-state index contributed by atoms with van der Waals surface area (Å²) in [6.07, 6.45) is 0.897. The number of quaternary nitrogens is 1. The topological polar surface area (TPSA) is 62.6 Å². The lowest BCUT2D eigenvalue weighted by Gasteiger charge is -2.16. The van der Waals surface area contributed by atoms with E-state index in [0.29, 0.717) is 0 Å². The maximum atomic E-state index is 12.0. The Kier molecular flexibility index (Phi) is 7.55. The highest BCUT2D eigenvalue weighted by molar-refractivity contribution is 9.10. The van der Waals surface area contributed by atoms with E-state index in [1.54, 1.807) is 0 Å². The normalized spacial score (nSPS) is 13.3. The number of rotatable bonds is 7. The molecule has 2 atom stereocenters. The van der Waals surface area contributed by atoms with E-state index in [1.807, 2.05) is 46.0 Å². The molecule has 0 saturated heterocycles. The molecule has 0 aromatic heterocycles. The van der Waals surface area contributed by atoms with Crippen LogP contribution in [-0.4, -0.2) is 38.0 Å². The van der Waals surface area contributed by atoms with Gasteiger partial charge in [0.15, 0.2) is 13.1 Å². The fourth-order valence-electron chi connectivity index (χ4n) is 2.00. The molecule has 0 spiro atoms. The van der Waals surface area contributed by atoms with Gasteiger partial charge in [0.2, 0.25) is 0 Å². The zero-order chi connectivity index (χ0) is 16.7. The van der Waals surface area contributed by atoms with E-state index in [-0.39, 0.29) is 30.9 Å². The molecule has 1 rings (SSSR count). The number of carbonyl (C=O) groups excluding carboxylic acids is 2. The number of benzene rings is 1. The van der Waals surface area contributed by atoms with Gasteiger partial charge in [0.1, 0.15) is 0 Å². The number of likely N-dealkylation sites (N-methyl/N-ethyl adjacent to an activating group) is 1. The van der Waals surface area contributed by atoms with Crippen molar-refractivity contribution in [2.45, 2.75) is 33.2 Å². The fraction of sp³-hybridized carbons (Fsp3) is 0.500. The molecule has 1 unspecified atom stereocenters. The number of hydrogen-bond acceptors (Lipinski definition) is 2. The van der Waals surface area contributed by atoms with Gasteiger partial charge in [0.25, 0.3) is 11.8 Å². The second-order valence-electron chi connectivity index (χ2n) is 5.69. The molecule has 5 nitrogen and oxygen atoms in total. The Balaban J connectivity index is 2.45. The first-order valence-electron chi connectivity index (χ1n) is 7.48. The molecule has 3 N–H and O–H groups in total. The first kappa shape index (κ1) is 18.6. The minimum Gasteiger partial charge on any atom is -0.349 e. The quantitative estimate of drug-likeness (QED) is 0.673. The number of hydrogen-bond donors (Lipinski definition) is 3. The van der Waals surface area contributed by atoms with Crippen LogP contribution in [-0.2, 0) is 9.59 Å². The molecule has 2 amide bonds. The van der Waals surface area contributed by atoms with Crippen LogP contribution in [0.1, 0.15) is 25.8 Å². The fourth-order valence-corrected chi connectivity index (χ4v) is 2.48. The van der Waals surface area contributed by atoms with Crippen molar-refractivity contribution in [3.63, 3.8) is 0 Å². The van der Waals surface area contributed by atoms with E-state index in [9.17, 15) is 9.59 Å². The largest absolute Gasteiger partial charge is 0.349 e. The van der Waals surface area contributed by atoms with E-state index in [2.05, 4.69) is 26.6 Å². The van der Waals surface area contributed by atoms with Crippen molar-refractivity contribution in [2.75, 3.05) is 25.5 Å². The minimum atomic E-state index is -0.0979. The van der Waals surface area contributed by atoms with Gasteiger partial charge in [0.05, 0.1) is 7.05 Å². The molecule has 0 heterocycles. The Hall–Kier alpha value is -1.40. The molecule has 0 saturated carbocycles. The van der Waals surface area contributed by atoms with Crippen LogP contribution in [0.5, 0.6) is 0 Å². The summed E-state index contributed by atoms with van der Waals surface area (Å²) >= 11 is 3.39. The van der Waals surface area contributed by atoms with Gasteiger partial charge < -0.3 is 15.5 Å². The lowest BCUT2D eigenvalue weighted by atomic mass is 10.2. The van der Waals surface area contributed by atoms with E-state index in [1.165, 1.54) is 0 Å². The van der Waals surface area contributed by atoms with Gasteiger partial charge in [0, 0.05) is 16.2 Å². The van der Waals surface area contributed by atoms with E-state index >= 15 is 0 Å². The lowest BCUT2D eigenvalue weighted by molar-refractivity contribution is -0.862. The molecular formula is C16H25BrN3O2+. The summed E-state index contributed by atoms with van der Waals surface area (Å²) in [5.74, 6) is -0.126. The van der Waals surface area contributed by atoms with Crippen LogP contribution in [0.4, 0.5) is 5.69 Å². The highest BCUT2D eigenvalue weighted by Crippen LogP contribution is 2.19. The molecule has 0 bridgehead atoms. The van der Waals surface area contributed by atoms with Crippen molar-refractivity contribution in [3.8, 4) is 0 Å². The van der Waals surface area contributed by atoms with Gasteiger partial charge in [-0.15, -0.1) is 0 Å². The number of halogens is 1. The Morgan fingerprint density at radius 1 is 1.27 bits per heavy atom. The molecule has 0 aliphatic heterocycles. The lowest BCUT2D eigenvalue weighted by Crippen LogP contribution is -3.11. The highest BCUT2D eigenvalue weighted by Gasteiger charge is 2.15. The summed E-state index contributed by atoms with van der Waals surface area (Å²) in [5.41, 5.74) is 1.79. The molecule has 0 radical (unpaired) electrons.